The zero-order valence-corrected chi connectivity index (χ0v) is 10.4. The first-order chi connectivity index (χ1) is 8.16. The standard InChI is InChI=1S/C15H19NO/c1-12(17)10-16(2)11-14-8-5-7-13-6-3-4-9-15(13)14/h3-9,12,17H,10-11H2,1-2H3. The lowest BCUT2D eigenvalue weighted by Crippen LogP contribution is -2.26. The Kier molecular flexibility index (Phi) is 3.77. The van der Waals surface area contributed by atoms with Crippen LogP contribution in [-0.2, 0) is 6.54 Å². The summed E-state index contributed by atoms with van der Waals surface area (Å²) in [5.74, 6) is 0. The first-order valence-electron chi connectivity index (χ1n) is 6.00. The second-order valence-electron chi connectivity index (χ2n) is 4.68. The lowest BCUT2D eigenvalue weighted by molar-refractivity contribution is 0.138. The van der Waals surface area contributed by atoms with E-state index in [2.05, 4.69) is 47.4 Å². The summed E-state index contributed by atoms with van der Waals surface area (Å²) in [4.78, 5) is 2.15. The van der Waals surface area contributed by atoms with Gasteiger partial charge in [-0.1, -0.05) is 42.5 Å². The monoisotopic (exact) mass is 229 g/mol. The van der Waals surface area contributed by atoms with Crippen LogP contribution in [0.15, 0.2) is 42.5 Å². The van der Waals surface area contributed by atoms with Crippen LogP contribution in [-0.4, -0.2) is 29.7 Å². The van der Waals surface area contributed by atoms with Gasteiger partial charge in [-0.2, -0.15) is 0 Å². The number of likely N-dealkylation sites (N-methyl/N-ethyl adjacent to an activating group) is 1. The predicted molar refractivity (Wildman–Crippen MR) is 72.0 cm³/mol. The third-order valence-electron chi connectivity index (χ3n) is 2.90. The van der Waals surface area contributed by atoms with Crippen LogP contribution in [0.25, 0.3) is 10.8 Å². The molecule has 1 unspecified atom stereocenters. The van der Waals surface area contributed by atoms with Crippen molar-refractivity contribution in [2.75, 3.05) is 13.6 Å². The van der Waals surface area contributed by atoms with Gasteiger partial charge in [0.25, 0.3) is 0 Å². The predicted octanol–water partition coefficient (Wildman–Crippen LogP) is 2.65. The van der Waals surface area contributed by atoms with E-state index in [1.165, 1.54) is 16.3 Å². The Labute approximate surface area is 102 Å². The highest BCUT2D eigenvalue weighted by atomic mass is 16.3. The first-order valence-corrected chi connectivity index (χ1v) is 6.00. The van der Waals surface area contributed by atoms with Crippen molar-refractivity contribution < 1.29 is 5.11 Å². The molecule has 0 fully saturated rings. The minimum atomic E-state index is -0.282. The smallest absolute Gasteiger partial charge is 0.0639 e. The quantitative estimate of drug-likeness (QED) is 0.871. The van der Waals surface area contributed by atoms with Crippen molar-refractivity contribution in [2.45, 2.75) is 19.6 Å². The summed E-state index contributed by atoms with van der Waals surface area (Å²) in [7, 11) is 2.04. The van der Waals surface area contributed by atoms with Gasteiger partial charge in [0.05, 0.1) is 6.10 Å². The van der Waals surface area contributed by atoms with E-state index in [9.17, 15) is 5.11 Å². The van der Waals surface area contributed by atoms with Crippen LogP contribution in [0.3, 0.4) is 0 Å². The molecule has 2 nitrogen and oxygen atoms in total. The number of hydrogen-bond acceptors (Lipinski definition) is 2. The van der Waals surface area contributed by atoms with E-state index >= 15 is 0 Å². The summed E-state index contributed by atoms with van der Waals surface area (Å²) in [5.41, 5.74) is 1.31. The molecule has 0 aliphatic heterocycles. The van der Waals surface area contributed by atoms with Crippen molar-refractivity contribution in [1.29, 1.82) is 0 Å². The molecule has 1 N–H and O–H groups in total. The number of nitrogens with zero attached hydrogens (tertiary/aromatic N) is 1. The Balaban J connectivity index is 2.24. The summed E-state index contributed by atoms with van der Waals surface area (Å²) in [6, 6.07) is 14.8. The minimum absolute atomic E-state index is 0.282. The number of hydrogen-bond donors (Lipinski definition) is 1. The van der Waals surface area contributed by atoms with Gasteiger partial charge in [0, 0.05) is 13.1 Å². The van der Waals surface area contributed by atoms with Crippen molar-refractivity contribution in [1.82, 2.24) is 4.90 Å². The molecular weight excluding hydrogens is 210 g/mol. The number of aliphatic hydroxyl groups is 1. The van der Waals surface area contributed by atoms with Crippen molar-refractivity contribution in [2.24, 2.45) is 0 Å². The fourth-order valence-electron chi connectivity index (χ4n) is 2.24. The van der Waals surface area contributed by atoms with Crippen molar-refractivity contribution >= 4 is 10.8 Å². The maximum absolute atomic E-state index is 9.37. The van der Waals surface area contributed by atoms with Gasteiger partial charge >= 0.3 is 0 Å². The van der Waals surface area contributed by atoms with Crippen LogP contribution in [0, 0.1) is 0 Å². The molecule has 0 saturated heterocycles. The molecule has 0 aliphatic carbocycles. The van der Waals surface area contributed by atoms with Crippen LogP contribution in [0.2, 0.25) is 0 Å². The lowest BCUT2D eigenvalue weighted by Gasteiger charge is -2.19. The molecule has 0 spiro atoms. The third kappa shape index (κ3) is 3.05. The van der Waals surface area contributed by atoms with Crippen LogP contribution in [0.1, 0.15) is 12.5 Å². The molecule has 0 amide bonds. The van der Waals surface area contributed by atoms with Crippen LogP contribution in [0.4, 0.5) is 0 Å². The Bertz CT molecular complexity index is 488. The molecule has 17 heavy (non-hydrogen) atoms. The van der Waals surface area contributed by atoms with Crippen molar-refractivity contribution in [3.8, 4) is 0 Å². The fraction of sp³-hybridized carbons (Fsp3) is 0.333. The summed E-state index contributed by atoms with van der Waals surface area (Å²) < 4.78 is 0. The third-order valence-corrected chi connectivity index (χ3v) is 2.90. The molecule has 1 atom stereocenters. The molecule has 2 heteroatoms. The van der Waals surface area contributed by atoms with E-state index in [0.717, 1.165) is 6.54 Å². The van der Waals surface area contributed by atoms with Crippen LogP contribution in [0.5, 0.6) is 0 Å². The highest BCUT2D eigenvalue weighted by Crippen LogP contribution is 2.19. The molecule has 90 valence electrons. The molecule has 2 aromatic carbocycles. The van der Waals surface area contributed by atoms with Gasteiger partial charge < -0.3 is 5.11 Å². The molecule has 0 heterocycles. The van der Waals surface area contributed by atoms with Gasteiger partial charge in [-0.05, 0) is 30.3 Å². The topological polar surface area (TPSA) is 23.5 Å². The molecule has 0 bridgehead atoms. The highest BCUT2D eigenvalue weighted by molar-refractivity contribution is 5.85. The first kappa shape index (κ1) is 12.1. The maximum atomic E-state index is 9.37. The zero-order valence-electron chi connectivity index (χ0n) is 10.4. The number of rotatable bonds is 4. The summed E-state index contributed by atoms with van der Waals surface area (Å²) in [6.07, 6.45) is -0.282. The molecular formula is C15H19NO. The van der Waals surface area contributed by atoms with Crippen LogP contribution >= 0.6 is 0 Å². The SMILES string of the molecule is CC(O)CN(C)Cc1cccc2ccccc12. The van der Waals surface area contributed by atoms with Gasteiger partial charge in [-0.15, -0.1) is 0 Å². The minimum Gasteiger partial charge on any atom is -0.392 e. The van der Waals surface area contributed by atoms with E-state index < -0.39 is 0 Å². The van der Waals surface area contributed by atoms with Crippen LogP contribution < -0.4 is 0 Å². The molecule has 0 aromatic heterocycles. The number of fused-ring (bicyclic) bond motifs is 1. The molecule has 0 saturated carbocycles. The van der Waals surface area contributed by atoms with E-state index in [-0.39, 0.29) is 6.10 Å². The van der Waals surface area contributed by atoms with Gasteiger partial charge in [-0.25, -0.2) is 0 Å². The second kappa shape index (κ2) is 5.30. The van der Waals surface area contributed by atoms with Gasteiger partial charge in [0.2, 0.25) is 0 Å². The fourth-order valence-corrected chi connectivity index (χ4v) is 2.24. The van der Waals surface area contributed by atoms with Gasteiger partial charge in [0.15, 0.2) is 0 Å². The molecule has 0 radical (unpaired) electrons. The lowest BCUT2D eigenvalue weighted by atomic mass is 10.0. The average molecular weight is 229 g/mol. The molecule has 2 aromatic rings. The van der Waals surface area contributed by atoms with Gasteiger partial charge in [0.1, 0.15) is 0 Å². The largest absolute Gasteiger partial charge is 0.392 e. The van der Waals surface area contributed by atoms with E-state index in [4.69, 9.17) is 0 Å². The number of aliphatic hydroxyl groups excluding tert-OH is 1. The zero-order chi connectivity index (χ0) is 12.3. The van der Waals surface area contributed by atoms with E-state index in [1.807, 2.05) is 14.0 Å². The molecule has 2 rings (SSSR count). The Hall–Kier alpha value is -1.38. The Morgan fingerprint density at radius 3 is 2.59 bits per heavy atom. The summed E-state index contributed by atoms with van der Waals surface area (Å²) in [6.45, 7) is 3.38. The number of benzene rings is 2. The maximum Gasteiger partial charge on any atom is 0.0639 e. The van der Waals surface area contributed by atoms with E-state index in [1.54, 1.807) is 0 Å². The second-order valence-corrected chi connectivity index (χ2v) is 4.68. The Morgan fingerprint density at radius 2 is 1.82 bits per heavy atom. The summed E-state index contributed by atoms with van der Waals surface area (Å²) in [5, 5.41) is 11.9. The average Bonchev–Trinajstić information content (AvgIpc) is 2.28. The molecule has 0 aliphatic rings. The van der Waals surface area contributed by atoms with Crippen molar-refractivity contribution in [3.63, 3.8) is 0 Å². The van der Waals surface area contributed by atoms with Crippen molar-refractivity contribution in [3.05, 3.63) is 48.0 Å². The van der Waals surface area contributed by atoms with Gasteiger partial charge in [-0.3, -0.25) is 4.90 Å². The summed E-state index contributed by atoms with van der Waals surface area (Å²) >= 11 is 0. The normalized spacial score (nSPS) is 13.2. The Morgan fingerprint density at radius 1 is 1.12 bits per heavy atom. The van der Waals surface area contributed by atoms with E-state index in [0.29, 0.717) is 6.54 Å². The highest BCUT2D eigenvalue weighted by Gasteiger charge is 2.06.